The number of likely N-dealkylation sites (N-methyl/N-ethyl adjacent to an activating group) is 2. The highest BCUT2D eigenvalue weighted by atomic mass is 16.2. The number of aromatic nitrogens is 4. The lowest BCUT2D eigenvalue weighted by atomic mass is 10.0. The van der Waals surface area contributed by atoms with Crippen molar-refractivity contribution in [1.82, 2.24) is 39.5 Å². The fraction of sp³-hybridized carbons (Fsp3) is 0.381. The largest absolute Gasteiger partial charge is 0.344 e. The average Bonchev–Trinajstić information content (AvgIpc) is 3.81. The van der Waals surface area contributed by atoms with E-state index in [4.69, 9.17) is 0 Å². The summed E-state index contributed by atoms with van der Waals surface area (Å²) in [5.74, 6) is 1.70. The van der Waals surface area contributed by atoms with Gasteiger partial charge in [-0.2, -0.15) is 0 Å². The van der Waals surface area contributed by atoms with Gasteiger partial charge in [-0.3, -0.25) is 19.4 Å². The molecule has 5 aromatic rings. The molecule has 2 N–H and O–H groups in total. The number of nitrogens with zero attached hydrogens (tertiary/aromatic N) is 6. The molecule has 5 rings (SSSR count). The van der Waals surface area contributed by atoms with Crippen LogP contribution in [0.5, 0.6) is 0 Å². The molecule has 0 radical (unpaired) electrons. The summed E-state index contributed by atoms with van der Waals surface area (Å²) in [6.07, 6.45) is 7.13. The van der Waals surface area contributed by atoms with Crippen molar-refractivity contribution >= 4 is 11.8 Å². The van der Waals surface area contributed by atoms with Gasteiger partial charge >= 0.3 is 0 Å². The Morgan fingerprint density at radius 1 is 0.615 bits per heavy atom. The first-order valence-corrected chi connectivity index (χ1v) is 18.3. The maximum absolute atomic E-state index is 13.8. The topological polar surface area (TPSA) is 104 Å². The maximum Gasteiger partial charge on any atom is 0.244 e. The van der Waals surface area contributed by atoms with E-state index in [0.29, 0.717) is 26.2 Å². The summed E-state index contributed by atoms with van der Waals surface area (Å²) in [5.41, 5.74) is 6.20. The van der Waals surface area contributed by atoms with E-state index in [2.05, 4.69) is 58.0 Å². The molecule has 0 aliphatic heterocycles. The first-order chi connectivity index (χ1) is 25.2. The van der Waals surface area contributed by atoms with E-state index >= 15 is 0 Å². The predicted octanol–water partition coefficient (Wildman–Crippen LogP) is 6.67. The SMILES string of the molecule is CCCN(Cc1ncc(CCc2ccc(-c3cnc(CN(CCC)C(=O)C(c4ccccc4)N(C)C)[nH]3)cc2)[nH]1)C(=O)C(c1ccccc1)N(C)C. The van der Waals surface area contributed by atoms with Gasteiger partial charge in [0, 0.05) is 25.0 Å². The average molecular weight is 703 g/mol. The Labute approximate surface area is 308 Å². The van der Waals surface area contributed by atoms with Gasteiger partial charge in [-0.05, 0) is 76.1 Å². The number of nitrogens with one attached hydrogen (secondary N) is 2. The zero-order chi connectivity index (χ0) is 37.0. The summed E-state index contributed by atoms with van der Waals surface area (Å²) < 4.78 is 0. The van der Waals surface area contributed by atoms with E-state index in [1.807, 2.05) is 121 Å². The lowest BCUT2D eigenvalue weighted by Crippen LogP contribution is -2.40. The van der Waals surface area contributed by atoms with Crippen molar-refractivity contribution in [2.75, 3.05) is 41.3 Å². The van der Waals surface area contributed by atoms with Crippen molar-refractivity contribution in [2.24, 2.45) is 0 Å². The summed E-state index contributed by atoms with van der Waals surface area (Å²) in [5, 5.41) is 0. The van der Waals surface area contributed by atoms with Crippen LogP contribution in [0.25, 0.3) is 11.3 Å². The Morgan fingerprint density at radius 3 is 1.58 bits per heavy atom. The van der Waals surface area contributed by atoms with Crippen LogP contribution < -0.4 is 0 Å². The van der Waals surface area contributed by atoms with Gasteiger partial charge in [0.1, 0.15) is 23.7 Å². The molecule has 2 atom stereocenters. The summed E-state index contributed by atoms with van der Waals surface area (Å²) in [6, 6.07) is 27.7. The molecule has 2 heterocycles. The Hall–Kier alpha value is -5.06. The normalized spacial score (nSPS) is 12.6. The van der Waals surface area contributed by atoms with Crippen molar-refractivity contribution < 1.29 is 9.59 Å². The molecule has 0 spiro atoms. The van der Waals surface area contributed by atoms with Crippen molar-refractivity contribution in [3.05, 3.63) is 131 Å². The zero-order valence-corrected chi connectivity index (χ0v) is 31.5. The second-order valence-corrected chi connectivity index (χ2v) is 13.9. The van der Waals surface area contributed by atoms with Gasteiger partial charge in [0.2, 0.25) is 11.8 Å². The monoisotopic (exact) mass is 702 g/mol. The molecular weight excluding hydrogens is 649 g/mol. The quantitative estimate of drug-likeness (QED) is 0.106. The number of benzene rings is 3. The van der Waals surface area contributed by atoms with Crippen molar-refractivity contribution in [2.45, 2.75) is 64.7 Å². The number of hydrogen-bond acceptors (Lipinski definition) is 6. The Balaban J connectivity index is 1.18. The minimum absolute atomic E-state index is 0.0672. The summed E-state index contributed by atoms with van der Waals surface area (Å²) >= 11 is 0. The number of carbonyl (C=O) groups is 2. The second kappa shape index (κ2) is 18.4. The Kier molecular flexibility index (Phi) is 13.5. The highest BCUT2D eigenvalue weighted by Gasteiger charge is 2.29. The highest BCUT2D eigenvalue weighted by Crippen LogP contribution is 2.25. The summed E-state index contributed by atoms with van der Waals surface area (Å²) in [7, 11) is 7.78. The van der Waals surface area contributed by atoms with E-state index in [1.54, 1.807) is 0 Å². The maximum atomic E-state index is 13.8. The molecule has 2 unspecified atom stereocenters. The van der Waals surface area contributed by atoms with Gasteiger partial charge in [-0.1, -0.05) is 98.8 Å². The molecule has 0 bridgehead atoms. The molecule has 274 valence electrons. The molecule has 0 aliphatic rings. The predicted molar refractivity (Wildman–Crippen MR) is 207 cm³/mol. The van der Waals surface area contributed by atoms with Crippen LogP contribution in [0.2, 0.25) is 0 Å². The summed E-state index contributed by atoms with van der Waals surface area (Å²) in [6.45, 7) is 6.36. The number of hydrogen-bond donors (Lipinski definition) is 2. The molecule has 0 saturated heterocycles. The standard InChI is InChI=1S/C42H54N8O2/c1-7-25-49(41(51)39(47(3)4)33-15-11-9-12-16-33)29-37-43-27-35(45-37)24-21-31-19-22-32(23-20-31)36-28-44-38(46-36)30-50(26-8-2)42(52)40(48(5)6)34-17-13-10-14-18-34/h9-20,22-23,27-28,39-40H,7-8,21,24-26,29-30H2,1-6H3,(H,43,45)(H,44,46). The van der Waals surface area contributed by atoms with Gasteiger partial charge < -0.3 is 19.8 Å². The Morgan fingerprint density at radius 2 is 1.10 bits per heavy atom. The molecule has 10 heteroatoms. The molecule has 10 nitrogen and oxygen atoms in total. The molecule has 52 heavy (non-hydrogen) atoms. The third-order valence-corrected chi connectivity index (χ3v) is 9.28. The summed E-state index contributed by atoms with van der Waals surface area (Å²) in [4.78, 5) is 51.5. The third-order valence-electron chi connectivity index (χ3n) is 9.28. The second-order valence-electron chi connectivity index (χ2n) is 13.9. The van der Waals surface area contributed by atoms with Crippen LogP contribution >= 0.6 is 0 Å². The molecule has 0 saturated carbocycles. The minimum atomic E-state index is -0.358. The highest BCUT2D eigenvalue weighted by molar-refractivity contribution is 5.84. The lowest BCUT2D eigenvalue weighted by Gasteiger charge is -2.30. The van der Waals surface area contributed by atoms with Gasteiger partial charge in [-0.25, -0.2) is 9.97 Å². The van der Waals surface area contributed by atoms with Crippen LogP contribution in [0, 0.1) is 0 Å². The number of amides is 2. The number of H-pyrrole nitrogens is 2. The minimum Gasteiger partial charge on any atom is -0.344 e. The number of aromatic amines is 2. The van der Waals surface area contributed by atoms with Gasteiger partial charge in [0.05, 0.1) is 25.0 Å². The number of imidazole rings is 2. The van der Waals surface area contributed by atoms with E-state index in [0.717, 1.165) is 65.4 Å². The first-order valence-electron chi connectivity index (χ1n) is 18.3. The Bertz CT molecular complexity index is 1830. The third kappa shape index (κ3) is 9.83. The molecule has 0 fully saturated rings. The molecule has 2 aromatic heterocycles. The number of rotatable bonds is 18. The van der Waals surface area contributed by atoms with E-state index in [1.165, 1.54) is 5.56 Å². The molecule has 2 amide bonds. The fourth-order valence-corrected chi connectivity index (χ4v) is 6.71. The smallest absolute Gasteiger partial charge is 0.244 e. The van der Waals surface area contributed by atoms with Crippen LogP contribution in [-0.2, 0) is 35.5 Å². The van der Waals surface area contributed by atoms with Crippen molar-refractivity contribution in [3.63, 3.8) is 0 Å². The lowest BCUT2D eigenvalue weighted by molar-refractivity contribution is -0.138. The van der Waals surface area contributed by atoms with Gasteiger partial charge in [-0.15, -0.1) is 0 Å². The number of carbonyl (C=O) groups excluding carboxylic acids is 2. The van der Waals surface area contributed by atoms with Crippen LogP contribution in [0.1, 0.15) is 72.8 Å². The van der Waals surface area contributed by atoms with Crippen molar-refractivity contribution in [3.8, 4) is 11.3 Å². The van der Waals surface area contributed by atoms with Gasteiger partial charge in [0.25, 0.3) is 0 Å². The number of aryl methyl sites for hydroxylation is 2. The van der Waals surface area contributed by atoms with E-state index in [9.17, 15) is 9.59 Å². The van der Waals surface area contributed by atoms with Gasteiger partial charge in [0.15, 0.2) is 0 Å². The first kappa shape index (κ1) is 38.2. The van der Waals surface area contributed by atoms with Crippen LogP contribution in [0.15, 0.2) is 97.3 Å². The van der Waals surface area contributed by atoms with Crippen LogP contribution in [0.3, 0.4) is 0 Å². The van der Waals surface area contributed by atoms with Crippen LogP contribution in [-0.4, -0.2) is 92.6 Å². The van der Waals surface area contributed by atoms with E-state index < -0.39 is 0 Å². The molecular formula is C42H54N8O2. The van der Waals surface area contributed by atoms with E-state index in [-0.39, 0.29) is 23.9 Å². The fourth-order valence-electron chi connectivity index (χ4n) is 6.71. The van der Waals surface area contributed by atoms with Crippen LogP contribution in [0.4, 0.5) is 0 Å². The van der Waals surface area contributed by atoms with Crippen molar-refractivity contribution in [1.29, 1.82) is 0 Å². The molecule has 0 aliphatic carbocycles. The molecule has 3 aromatic carbocycles. The zero-order valence-electron chi connectivity index (χ0n) is 31.5.